The summed E-state index contributed by atoms with van der Waals surface area (Å²) in [5, 5.41) is 23.3. The minimum atomic E-state index is -0.845. The number of aliphatic hydroxyl groups excluding tert-OH is 2. The Morgan fingerprint density at radius 2 is 0.543 bits per heavy atom. The molecule has 3 N–H and O–H groups in total. The summed E-state index contributed by atoms with van der Waals surface area (Å²) < 4.78 is 5.51. The lowest BCUT2D eigenvalue weighted by atomic mass is 10.0. The molecule has 0 radical (unpaired) electrons. The molecule has 0 heterocycles. The summed E-state index contributed by atoms with van der Waals surface area (Å²) in [6.07, 6.45) is 107. The number of esters is 1. The molecule has 0 aliphatic carbocycles. The summed E-state index contributed by atoms with van der Waals surface area (Å²) in [6, 6.07) is -0.628. The molecule has 1 amide bonds. The van der Waals surface area contributed by atoms with Gasteiger partial charge in [-0.1, -0.05) is 436 Å². The average molecular weight is 1290 g/mol. The number of nitrogens with one attached hydrogen (secondary N) is 1. The van der Waals surface area contributed by atoms with Crippen LogP contribution >= 0.6 is 0 Å². The first kappa shape index (κ1) is 90.1. The van der Waals surface area contributed by atoms with Crippen molar-refractivity contribution >= 4 is 11.9 Å². The SMILES string of the molecule is CCCCCCCCCCCCCCCCCCCCCCCCC/C=C/C(O)C(CO)NC(=O)CCCCCCCCCCCCCCCCCCC/C=C\C/C=C\CCCCCCCCCCCOC(=O)CCCCCCCCCCCCCCCCCCC. The van der Waals surface area contributed by atoms with E-state index in [1.54, 1.807) is 6.08 Å². The molecule has 2 unspecified atom stereocenters. The van der Waals surface area contributed by atoms with Gasteiger partial charge in [0.2, 0.25) is 5.91 Å². The van der Waals surface area contributed by atoms with E-state index in [-0.39, 0.29) is 18.5 Å². The fourth-order valence-electron chi connectivity index (χ4n) is 13.5. The van der Waals surface area contributed by atoms with E-state index in [0.29, 0.717) is 19.4 Å². The third kappa shape index (κ3) is 77.1. The summed E-state index contributed by atoms with van der Waals surface area (Å²) in [4.78, 5) is 24.7. The second-order valence-electron chi connectivity index (χ2n) is 29.2. The van der Waals surface area contributed by atoms with Gasteiger partial charge in [-0.05, 0) is 64.2 Å². The number of aliphatic hydroxyl groups is 2. The predicted octanol–water partition coefficient (Wildman–Crippen LogP) is 28.2. The van der Waals surface area contributed by atoms with Crippen LogP contribution in [-0.4, -0.2) is 47.4 Å². The maximum atomic E-state index is 12.6. The lowest BCUT2D eigenvalue weighted by Crippen LogP contribution is -2.45. The number of unbranched alkanes of at least 4 members (excludes halogenated alkanes) is 65. The first-order chi connectivity index (χ1) is 45.5. The van der Waals surface area contributed by atoms with E-state index < -0.39 is 12.1 Å². The van der Waals surface area contributed by atoms with Crippen LogP contribution in [0.5, 0.6) is 0 Å². The fourth-order valence-corrected chi connectivity index (χ4v) is 13.5. The third-order valence-electron chi connectivity index (χ3n) is 19.9. The zero-order valence-electron chi connectivity index (χ0n) is 62.6. The zero-order chi connectivity index (χ0) is 66.3. The van der Waals surface area contributed by atoms with Crippen LogP contribution in [0.25, 0.3) is 0 Å². The number of rotatable bonds is 80. The van der Waals surface area contributed by atoms with Gasteiger partial charge in [0.15, 0.2) is 0 Å². The summed E-state index contributed by atoms with van der Waals surface area (Å²) in [5.41, 5.74) is 0. The van der Waals surface area contributed by atoms with Crippen LogP contribution in [0.15, 0.2) is 36.5 Å². The Bertz CT molecular complexity index is 1490. The van der Waals surface area contributed by atoms with E-state index in [4.69, 9.17) is 4.74 Å². The highest BCUT2D eigenvalue weighted by atomic mass is 16.5. The molecule has 6 nitrogen and oxygen atoms in total. The quantitative estimate of drug-likeness (QED) is 0.0320. The molecule has 0 saturated carbocycles. The standard InChI is InChI=1S/C86H165NO5/c1-3-5-7-9-11-13-15-17-19-21-22-23-24-34-37-40-43-47-50-54-58-62-66-70-74-78-84(89)83(82-88)87-85(90)79-75-71-67-63-59-55-51-48-44-41-38-35-32-30-28-26-25-27-29-31-33-36-39-42-45-49-53-57-61-65-69-73-77-81-92-86(91)80-76-72-68-64-60-56-52-46-20-18-16-14-12-10-8-6-4-2/h29,31,36,39,74,78,83-84,88-89H,3-28,30,32-35,37-38,40-73,75-77,79-82H2,1-2H3,(H,87,90)/b31-29-,39-36-,78-74+. The summed E-state index contributed by atoms with van der Waals surface area (Å²) in [7, 11) is 0. The van der Waals surface area contributed by atoms with Gasteiger partial charge in [0.05, 0.1) is 25.4 Å². The Morgan fingerprint density at radius 3 is 0.826 bits per heavy atom. The van der Waals surface area contributed by atoms with Crippen molar-refractivity contribution in [2.75, 3.05) is 13.2 Å². The van der Waals surface area contributed by atoms with Crippen molar-refractivity contribution in [1.82, 2.24) is 5.32 Å². The van der Waals surface area contributed by atoms with Gasteiger partial charge < -0.3 is 20.3 Å². The maximum Gasteiger partial charge on any atom is 0.305 e. The predicted molar refractivity (Wildman–Crippen MR) is 407 cm³/mol. The minimum Gasteiger partial charge on any atom is -0.466 e. The van der Waals surface area contributed by atoms with Gasteiger partial charge in [-0.15, -0.1) is 0 Å². The molecule has 0 aliphatic heterocycles. The minimum absolute atomic E-state index is 0.0189. The number of hydrogen-bond donors (Lipinski definition) is 3. The van der Waals surface area contributed by atoms with E-state index in [9.17, 15) is 19.8 Å². The van der Waals surface area contributed by atoms with Crippen molar-refractivity contribution < 1.29 is 24.5 Å². The number of hydrogen-bond acceptors (Lipinski definition) is 5. The molecule has 0 saturated heterocycles. The second-order valence-corrected chi connectivity index (χ2v) is 29.2. The third-order valence-corrected chi connectivity index (χ3v) is 19.9. The summed E-state index contributed by atoms with van der Waals surface area (Å²) in [6.45, 7) is 4.96. The van der Waals surface area contributed by atoms with E-state index in [1.807, 2.05) is 6.08 Å². The molecule has 0 aromatic carbocycles. The molecular formula is C86H165NO5. The summed E-state index contributed by atoms with van der Waals surface area (Å²) >= 11 is 0. The normalized spacial score (nSPS) is 12.6. The molecule has 6 heteroatoms. The highest BCUT2D eigenvalue weighted by Crippen LogP contribution is 2.20. The van der Waals surface area contributed by atoms with Crippen LogP contribution in [0.2, 0.25) is 0 Å². The van der Waals surface area contributed by atoms with Gasteiger partial charge >= 0.3 is 5.97 Å². The molecule has 0 aromatic heterocycles. The van der Waals surface area contributed by atoms with Crippen LogP contribution in [0.4, 0.5) is 0 Å². The van der Waals surface area contributed by atoms with Crippen molar-refractivity contribution in [3.8, 4) is 0 Å². The molecule has 0 spiro atoms. The van der Waals surface area contributed by atoms with Crippen LogP contribution < -0.4 is 5.32 Å². The number of ether oxygens (including phenoxy) is 1. The van der Waals surface area contributed by atoms with Crippen LogP contribution in [0.3, 0.4) is 0 Å². The van der Waals surface area contributed by atoms with Gasteiger partial charge in [0.1, 0.15) is 0 Å². The smallest absolute Gasteiger partial charge is 0.305 e. The van der Waals surface area contributed by atoms with Crippen molar-refractivity contribution in [3.05, 3.63) is 36.5 Å². The Hall–Kier alpha value is -1.92. The van der Waals surface area contributed by atoms with Crippen molar-refractivity contribution in [3.63, 3.8) is 0 Å². The van der Waals surface area contributed by atoms with Crippen LogP contribution in [-0.2, 0) is 14.3 Å². The van der Waals surface area contributed by atoms with Gasteiger partial charge in [0.25, 0.3) is 0 Å². The van der Waals surface area contributed by atoms with Crippen molar-refractivity contribution in [2.45, 2.75) is 488 Å². The molecule has 2 atom stereocenters. The van der Waals surface area contributed by atoms with Gasteiger partial charge in [-0.25, -0.2) is 0 Å². The first-order valence-electron chi connectivity index (χ1n) is 42.3. The summed E-state index contributed by atoms with van der Waals surface area (Å²) in [5.74, 6) is -0.0418. The van der Waals surface area contributed by atoms with Crippen molar-refractivity contribution in [2.24, 2.45) is 0 Å². The Kier molecular flexibility index (Phi) is 79.8. The first-order valence-corrected chi connectivity index (χ1v) is 42.3. The topological polar surface area (TPSA) is 95.9 Å². The molecule has 0 aliphatic rings. The Labute approximate surface area is 576 Å². The number of allylic oxidation sites excluding steroid dienone is 5. The fraction of sp³-hybridized carbons (Fsp3) is 0.907. The van der Waals surface area contributed by atoms with Gasteiger partial charge in [-0.2, -0.15) is 0 Å². The van der Waals surface area contributed by atoms with Gasteiger partial charge in [-0.3, -0.25) is 9.59 Å². The van der Waals surface area contributed by atoms with Crippen molar-refractivity contribution in [1.29, 1.82) is 0 Å². The van der Waals surface area contributed by atoms with Crippen LogP contribution in [0, 0.1) is 0 Å². The Morgan fingerprint density at radius 1 is 0.304 bits per heavy atom. The molecule has 92 heavy (non-hydrogen) atoms. The number of carbonyl (C=O) groups is 2. The highest BCUT2D eigenvalue weighted by molar-refractivity contribution is 5.76. The molecule has 0 rings (SSSR count). The lowest BCUT2D eigenvalue weighted by molar-refractivity contribution is -0.143. The number of carbonyl (C=O) groups excluding carboxylic acids is 2. The molecule has 0 aromatic rings. The average Bonchev–Trinajstić information content (AvgIpc) is 3.76. The monoisotopic (exact) mass is 1290 g/mol. The highest BCUT2D eigenvalue weighted by Gasteiger charge is 2.18. The largest absolute Gasteiger partial charge is 0.466 e. The molecule has 0 bridgehead atoms. The molecule has 0 fully saturated rings. The molecule has 544 valence electrons. The van der Waals surface area contributed by atoms with E-state index in [1.165, 1.54) is 405 Å². The zero-order valence-corrected chi connectivity index (χ0v) is 62.6. The van der Waals surface area contributed by atoms with E-state index in [0.717, 1.165) is 44.9 Å². The van der Waals surface area contributed by atoms with E-state index in [2.05, 4.69) is 43.5 Å². The second kappa shape index (κ2) is 81.5. The molecular weight excluding hydrogens is 1130 g/mol. The van der Waals surface area contributed by atoms with Crippen LogP contribution in [0.1, 0.15) is 476 Å². The maximum absolute atomic E-state index is 12.6. The van der Waals surface area contributed by atoms with E-state index >= 15 is 0 Å². The Balaban J connectivity index is 3.39. The number of amides is 1. The van der Waals surface area contributed by atoms with Gasteiger partial charge in [0, 0.05) is 12.8 Å². The lowest BCUT2D eigenvalue weighted by Gasteiger charge is -2.20.